The van der Waals surface area contributed by atoms with Crippen LogP contribution in [-0.2, 0) is 15.1 Å². The van der Waals surface area contributed by atoms with Gasteiger partial charge in [0.2, 0.25) is 0 Å². The number of halogens is 2. The van der Waals surface area contributed by atoms with Gasteiger partial charge < -0.3 is 5.11 Å². The molecule has 0 aliphatic carbocycles. The quantitative estimate of drug-likeness (QED) is 0.758. The van der Waals surface area contributed by atoms with Crippen molar-refractivity contribution in [2.24, 2.45) is 0 Å². The van der Waals surface area contributed by atoms with Crippen molar-refractivity contribution in [3.8, 4) is 0 Å². The van der Waals surface area contributed by atoms with Crippen molar-refractivity contribution < 1.29 is 9.90 Å². The summed E-state index contributed by atoms with van der Waals surface area (Å²) in [6.45, 7) is 3.99. The molecule has 2 aromatic carbocycles. The third-order valence-corrected chi connectivity index (χ3v) is 6.16. The number of para-hydroxylation sites is 1. The molecule has 0 saturated heterocycles. The topological polar surface area (TPSA) is 40.5 Å². The lowest BCUT2D eigenvalue weighted by atomic mass is 9.80. The van der Waals surface area contributed by atoms with E-state index in [-0.39, 0.29) is 10.9 Å². The van der Waals surface area contributed by atoms with E-state index in [1.165, 1.54) is 0 Å². The first kappa shape index (κ1) is 16.6. The van der Waals surface area contributed by atoms with Crippen molar-refractivity contribution in [2.75, 3.05) is 4.90 Å². The van der Waals surface area contributed by atoms with Gasteiger partial charge in [-0.2, -0.15) is 0 Å². The van der Waals surface area contributed by atoms with Gasteiger partial charge in [0.15, 0.2) is 4.87 Å². The van der Waals surface area contributed by atoms with E-state index in [1.807, 2.05) is 44.2 Å². The number of aliphatic hydroxyl groups is 1. The molecule has 0 saturated carbocycles. The summed E-state index contributed by atoms with van der Waals surface area (Å²) in [7, 11) is 0. The average Bonchev–Trinajstić information content (AvgIpc) is 2.87. The maximum absolute atomic E-state index is 13.5. The third kappa shape index (κ3) is 2.00. The van der Waals surface area contributed by atoms with E-state index in [0.29, 0.717) is 11.3 Å². The van der Waals surface area contributed by atoms with Gasteiger partial charge in [-0.1, -0.05) is 85.6 Å². The molecule has 5 heteroatoms. The van der Waals surface area contributed by atoms with Gasteiger partial charge in [-0.05, 0) is 17.2 Å². The fourth-order valence-corrected chi connectivity index (χ4v) is 4.75. The molecule has 2 atom stereocenters. The number of aliphatic hydroxyl groups excluding tert-OH is 1. The second-order valence-electron chi connectivity index (χ2n) is 6.96. The molecule has 2 aromatic rings. The zero-order chi connectivity index (χ0) is 18.0. The fourth-order valence-electron chi connectivity index (χ4n) is 3.89. The Morgan fingerprint density at radius 2 is 1.64 bits per heavy atom. The van der Waals surface area contributed by atoms with Gasteiger partial charge in [0.05, 0.1) is 16.4 Å². The SMILES string of the molecule is CC1(C)C2=C(Cl)C(O)C(Cl)(c3ccccc3)C(=O)N2c2ccccc21. The molecule has 0 aromatic heterocycles. The Morgan fingerprint density at radius 3 is 2.32 bits per heavy atom. The zero-order valence-corrected chi connectivity index (χ0v) is 15.3. The molecule has 2 aliphatic rings. The molecule has 4 rings (SSSR count). The van der Waals surface area contributed by atoms with Gasteiger partial charge in [-0.15, -0.1) is 0 Å². The van der Waals surface area contributed by atoms with E-state index in [4.69, 9.17) is 23.2 Å². The van der Waals surface area contributed by atoms with Crippen LogP contribution in [0.15, 0.2) is 65.3 Å². The molecule has 0 radical (unpaired) electrons. The summed E-state index contributed by atoms with van der Waals surface area (Å²) >= 11 is 13.4. The number of alkyl halides is 1. The number of carbonyl (C=O) groups excluding carboxylic acids is 1. The Kier molecular flexibility index (Phi) is 3.56. The van der Waals surface area contributed by atoms with Crippen LogP contribution in [0.2, 0.25) is 0 Å². The lowest BCUT2D eigenvalue weighted by Crippen LogP contribution is -2.55. The fraction of sp³-hybridized carbons (Fsp3) is 0.250. The Labute approximate surface area is 156 Å². The number of hydrogen-bond donors (Lipinski definition) is 1. The minimum absolute atomic E-state index is 0.208. The molecule has 25 heavy (non-hydrogen) atoms. The molecule has 3 nitrogen and oxygen atoms in total. The maximum Gasteiger partial charge on any atom is 0.260 e. The van der Waals surface area contributed by atoms with Crippen LogP contribution < -0.4 is 4.90 Å². The van der Waals surface area contributed by atoms with Gasteiger partial charge in [-0.25, -0.2) is 0 Å². The number of amides is 1. The van der Waals surface area contributed by atoms with E-state index in [1.54, 1.807) is 29.2 Å². The molecular formula is C20H17Cl2NO2. The monoisotopic (exact) mass is 373 g/mol. The standard InChI is InChI=1S/C20H17Cl2NO2/c1-19(2)13-10-6-7-11-14(13)23-16(19)15(21)17(24)20(22,18(23)25)12-8-4-3-5-9-12/h3-11,17,24H,1-2H3. The number of benzene rings is 2. The minimum Gasteiger partial charge on any atom is -0.385 e. The number of allylic oxidation sites excluding steroid dienone is 1. The highest BCUT2D eigenvalue weighted by molar-refractivity contribution is 6.42. The van der Waals surface area contributed by atoms with Crippen molar-refractivity contribution in [3.63, 3.8) is 0 Å². The van der Waals surface area contributed by atoms with Gasteiger partial charge in [-0.3, -0.25) is 9.69 Å². The van der Waals surface area contributed by atoms with Crippen LogP contribution in [0.1, 0.15) is 25.0 Å². The molecule has 128 valence electrons. The Balaban J connectivity index is 2.01. The highest BCUT2D eigenvalue weighted by Gasteiger charge is 2.59. The van der Waals surface area contributed by atoms with E-state index in [0.717, 1.165) is 11.3 Å². The van der Waals surface area contributed by atoms with Crippen molar-refractivity contribution in [1.29, 1.82) is 0 Å². The summed E-state index contributed by atoms with van der Waals surface area (Å²) in [5.41, 5.74) is 2.36. The summed E-state index contributed by atoms with van der Waals surface area (Å²) in [6, 6.07) is 16.5. The second-order valence-corrected chi connectivity index (χ2v) is 7.96. The van der Waals surface area contributed by atoms with Crippen molar-refractivity contribution in [2.45, 2.75) is 30.2 Å². The Bertz CT molecular complexity index is 907. The van der Waals surface area contributed by atoms with Gasteiger partial charge in [0, 0.05) is 5.41 Å². The molecule has 2 unspecified atom stereocenters. The van der Waals surface area contributed by atoms with E-state index in [9.17, 15) is 9.90 Å². The first-order valence-corrected chi connectivity index (χ1v) is 8.83. The highest BCUT2D eigenvalue weighted by Crippen LogP contribution is 2.56. The lowest BCUT2D eigenvalue weighted by Gasteiger charge is -2.42. The number of fused-ring (bicyclic) bond motifs is 3. The first-order valence-electron chi connectivity index (χ1n) is 8.08. The molecule has 1 N–H and O–H groups in total. The highest BCUT2D eigenvalue weighted by atomic mass is 35.5. The van der Waals surface area contributed by atoms with E-state index < -0.39 is 16.4 Å². The number of nitrogens with zero attached hydrogens (tertiary/aromatic N) is 1. The summed E-state index contributed by atoms with van der Waals surface area (Å²) < 4.78 is 0. The maximum atomic E-state index is 13.5. The summed E-state index contributed by atoms with van der Waals surface area (Å²) in [4.78, 5) is 13.4. The molecule has 0 spiro atoms. The van der Waals surface area contributed by atoms with Crippen molar-refractivity contribution in [3.05, 3.63) is 76.5 Å². The van der Waals surface area contributed by atoms with E-state index in [2.05, 4.69) is 0 Å². The Hall–Kier alpha value is -1.81. The van der Waals surface area contributed by atoms with Crippen LogP contribution >= 0.6 is 23.2 Å². The lowest BCUT2D eigenvalue weighted by molar-refractivity contribution is -0.124. The average molecular weight is 374 g/mol. The number of carbonyl (C=O) groups is 1. The minimum atomic E-state index is -1.66. The van der Waals surface area contributed by atoms with Gasteiger partial charge in [0.1, 0.15) is 6.10 Å². The normalized spacial score (nSPS) is 27.3. The van der Waals surface area contributed by atoms with Crippen LogP contribution in [0.5, 0.6) is 0 Å². The second kappa shape index (κ2) is 5.34. The van der Waals surface area contributed by atoms with E-state index >= 15 is 0 Å². The Morgan fingerprint density at radius 1 is 1.04 bits per heavy atom. The van der Waals surface area contributed by atoms with Crippen LogP contribution in [-0.4, -0.2) is 17.1 Å². The molecule has 2 aliphatic heterocycles. The predicted molar refractivity (Wildman–Crippen MR) is 99.8 cm³/mol. The molecule has 0 fully saturated rings. The smallest absolute Gasteiger partial charge is 0.260 e. The molecule has 1 amide bonds. The molecule has 0 bridgehead atoms. The van der Waals surface area contributed by atoms with Crippen LogP contribution in [0.25, 0.3) is 0 Å². The summed E-state index contributed by atoms with van der Waals surface area (Å²) in [5, 5.41) is 11.1. The van der Waals surface area contributed by atoms with Crippen LogP contribution in [0.4, 0.5) is 5.69 Å². The zero-order valence-electron chi connectivity index (χ0n) is 13.8. The molecule has 2 heterocycles. The van der Waals surface area contributed by atoms with Crippen LogP contribution in [0.3, 0.4) is 0 Å². The van der Waals surface area contributed by atoms with Gasteiger partial charge in [0.25, 0.3) is 5.91 Å². The summed E-state index contributed by atoms with van der Waals surface area (Å²) in [6.07, 6.45) is -1.31. The van der Waals surface area contributed by atoms with Gasteiger partial charge >= 0.3 is 0 Å². The largest absolute Gasteiger partial charge is 0.385 e. The number of hydrogen-bond acceptors (Lipinski definition) is 2. The van der Waals surface area contributed by atoms with Crippen LogP contribution in [0, 0.1) is 0 Å². The van der Waals surface area contributed by atoms with Crippen molar-refractivity contribution >= 4 is 34.8 Å². The number of anilines is 1. The third-order valence-electron chi connectivity index (χ3n) is 5.19. The first-order chi connectivity index (χ1) is 11.8. The summed E-state index contributed by atoms with van der Waals surface area (Å²) in [5.74, 6) is -0.384. The number of rotatable bonds is 1. The van der Waals surface area contributed by atoms with Crippen molar-refractivity contribution in [1.82, 2.24) is 0 Å². The molecular weight excluding hydrogens is 357 g/mol. The predicted octanol–water partition coefficient (Wildman–Crippen LogP) is 4.27.